The summed E-state index contributed by atoms with van der Waals surface area (Å²) in [6.07, 6.45) is 2.24. The van der Waals surface area contributed by atoms with Gasteiger partial charge < -0.3 is 15.4 Å². The van der Waals surface area contributed by atoms with Gasteiger partial charge in [-0.05, 0) is 6.42 Å². The first-order chi connectivity index (χ1) is 7.16. The highest BCUT2D eigenvalue weighted by molar-refractivity contribution is 5.97. The molecule has 1 heterocycles. The van der Waals surface area contributed by atoms with E-state index in [1.165, 1.54) is 6.20 Å². The van der Waals surface area contributed by atoms with Gasteiger partial charge in [-0.1, -0.05) is 0 Å². The van der Waals surface area contributed by atoms with Crippen LogP contribution in [-0.2, 0) is 4.74 Å². The molecule has 84 valence electrons. The van der Waals surface area contributed by atoms with Gasteiger partial charge in [0, 0.05) is 27.3 Å². The van der Waals surface area contributed by atoms with E-state index in [0.29, 0.717) is 24.5 Å². The Morgan fingerprint density at radius 3 is 3.00 bits per heavy atom. The molecule has 0 saturated heterocycles. The summed E-state index contributed by atoms with van der Waals surface area (Å²) < 4.78 is 4.91. The standard InChI is InChI=1S/C9H16N4O2/c1-13(4-3-5-15-2)9(14)7-6-11-12-8(7)10/h6H,3-5H2,1-2H3,(H3,10,11,12). The molecule has 15 heavy (non-hydrogen) atoms. The van der Waals surface area contributed by atoms with Gasteiger partial charge in [-0.3, -0.25) is 9.89 Å². The third-order valence-electron chi connectivity index (χ3n) is 2.09. The quantitative estimate of drug-likeness (QED) is 0.678. The van der Waals surface area contributed by atoms with E-state index in [9.17, 15) is 4.79 Å². The first-order valence-electron chi connectivity index (χ1n) is 4.70. The number of hydrogen-bond donors (Lipinski definition) is 2. The van der Waals surface area contributed by atoms with Gasteiger partial charge in [0.1, 0.15) is 11.4 Å². The smallest absolute Gasteiger partial charge is 0.258 e. The number of anilines is 1. The van der Waals surface area contributed by atoms with Crippen molar-refractivity contribution < 1.29 is 9.53 Å². The second-order valence-corrected chi connectivity index (χ2v) is 3.27. The maximum atomic E-state index is 11.8. The normalized spacial score (nSPS) is 10.3. The minimum atomic E-state index is -0.127. The Morgan fingerprint density at radius 1 is 1.73 bits per heavy atom. The third-order valence-corrected chi connectivity index (χ3v) is 2.09. The first-order valence-corrected chi connectivity index (χ1v) is 4.70. The summed E-state index contributed by atoms with van der Waals surface area (Å²) in [6.45, 7) is 1.27. The van der Waals surface area contributed by atoms with Gasteiger partial charge >= 0.3 is 0 Å². The number of H-pyrrole nitrogens is 1. The fourth-order valence-corrected chi connectivity index (χ4v) is 1.22. The van der Waals surface area contributed by atoms with E-state index in [0.717, 1.165) is 6.42 Å². The summed E-state index contributed by atoms with van der Waals surface area (Å²) >= 11 is 0. The largest absolute Gasteiger partial charge is 0.385 e. The molecule has 1 aromatic heterocycles. The highest BCUT2D eigenvalue weighted by Gasteiger charge is 2.15. The van der Waals surface area contributed by atoms with E-state index in [-0.39, 0.29) is 5.91 Å². The maximum absolute atomic E-state index is 11.8. The van der Waals surface area contributed by atoms with Crippen molar-refractivity contribution in [2.75, 3.05) is 33.0 Å². The number of nitrogens with zero attached hydrogens (tertiary/aromatic N) is 2. The first kappa shape index (κ1) is 11.5. The number of carbonyl (C=O) groups excluding carboxylic acids is 1. The van der Waals surface area contributed by atoms with Gasteiger partial charge in [0.15, 0.2) is 0 Å². The number of nitrogens with two attached hydrogens (primary N) is 1. The van der Waals surface area contributed by atoms with Crippen molar-refractivity contribution in [1.29, 1.82) is 0 Å². The lowest BCUT2D eigenvalue weighted by Crippen LogP contribution is -2.28. The van der Waals surface area contributed by atoms with E-state index in [1.54, 1.807) is 19.1 Å². The minimum Gasteiger partial charge on any atom is -0.385 e. The Hall–Kier alpha value is -1.56. The molecule has 3 N–H and O–H groups in total. The lowest BCUT2D eigenvalue weighted by molar-refractivity contribution is 0.0780. The molecule has 0 atom stereocenters. The number of amides is 1. The molecular weight excluding hydrogens is 196 g/mol. The molecular formula is C9H16N4O2. The molecule has 0 radical (unpaired) electrons. The van der Waals surface area contributed by atoms with Crippen molar-refractivity contribution in [3.8, 4) is 0 Å². The van der Waals surface area contributed by atoms with Crippen molar-refractivity contribution in [1.82, 2.24) is 15.1 Å². The Bertz CT molecular complexity index is 324. The lowest BCUT2D eigenvalue weighted by atomic mass is 10.3. The van der Waals surface area contributed by atoms with Crippen LogP contribution < -0.4 is 5.73 Å². The monoisotopic (exact) mass is 212 g/mol. The highest BCUT2D eigenvalue weighted by atomic mass is 16.5. The zero-order valence-electron chi connectivity index (χ0n) is 8.99. The molecule has 1 amide bonds. The predicted octanol–water partition coefficient (Wildman–Crippen LogP) is 0.100. The van der Waals surface area contributed by atoms with Crippen LogP contribution in [0, 0.1) is 0 Å². The molecule has 0 bridgehead atoms. The Balaban J connectivity index is 2.50. The number of nitrogen functional groups attached to an aromatic ring is 1. The van der Waals surface area contributed by atoms with E-state index < -0.39 is 0 Å². The number of carbonyl (C=O) groups is 1. The summed E-state index contributed by atoms with van der Waals surface area (Å²) in [5, 5.41) is 6.23. The number of hydrogen-bond acceptors (Lipinski definition) is 4. The van der Waals surface area contributed by atoms with Gasteiger partial charge in [0.25, 0.3) is 5.91 Å². The molecule has 0 aromatic carbocycles. The number of rotatable bonds is 5. The van der Waals surface area contributed by atoms with Crippen LogP contribution >= 0.6 is 0 Å². The Kier molecular flexibility index (Phi) is 4.11. The fraction of sp³-hybridized carbons (Fsp3) is 0.556. The second-order valence-electron chi connectivity index (χ2n) is 3.27. The molecule has 0 fully saturated rings. The summed E-state index contributed by atoms with van der Waals surface area (Å²) in [7, 11) is 3.36. The molecule has 0 aliphatic heterocycles. The van der Waals surface area contributed by atoms with Crippen LogP contribution in [0.2, 0.25) is 0 Å². The summed E-state index contributed by atoms with van der Waals surface area (Å²) in [4.78, 5) is 13.4. The third kappa shape index (κ3) is 2.95. The molecule has 0 saturated carbocycles. The number of aromatic nitrogens is 2. The number of aromatic amines is 1. The topological polar surface area (TPSA) is 84.2 Å². The summed E-state index contributed by atoms with van der Waals surface area (Å²) in [5.41, 5.74) is 5.96. The second kappa shape index (κ2) is 5.35. The predicted molar refractivity (Wildman–Crippen MR) is 56.5 cm³/mol. The van der Waals surface area contributed by atoms with Crippen molar-refractivity contribution in [2.45, 2.75) is 6.42 Å². The average Bonchev–Trinajstić information content (AvgIpc) is 2.63. The van der Waals surface area contributed by atoms with Crippen molar-refractivity contribution in [3.63, 3.8) is 0 Å². The Morgan fingerprint density at radius 2 is 2.47 bits per heavy atom. The van der Waals surface area contributed by atoms with Crippen LogP contribution in [0.1, 0.15) is 16.8 Å². The van der Waals surface area contributed by atoms with Crippen LogP contribution in [0.5, 0.6) is 0 Å². The molecule has 0 aliphatic rings. The fourth-order valence-electron chi connectivity index (χ4n) is 1.22. The van der Waals surface area contributed by atoms with E-state index in [1.807, 2.05) is 0 Å². The zero-order chi connectivity index (χ0) is 11.3. The van der Waals surface area contributed by atoms with Gasteiger partial charge in [-0.2, -0.15) is 5.10 Å². The van der Waals surface area contributed by atoms with Gasteiger partial charge in [-0.25, -0.2) is 0 Å². The van der Waals surface area contributed by atoms with Crippen LogP contribution in [0.15, 0.2) is 6.20 Å². The van der Waals surface area contributed by atoms with Gasteiger partial charge in [0.05, 0.1) is 6.20 Å². The van der Waals surface area contributed by atoms with Crippen LogP contribution in [-0.4, -0.2) is 48.3 Å². The summed E-state index contributed by atoms with van der Waals surface area (Å²) in [5.74, 6) is 0.177. The summed E-state index contributed by atoms with van der Waals surface area (Å²) in [6, 6.07) is 0. The van der Waals surface area contributed by atoms with Crippen LogP contribution in [0.4, 0.5) is 5.82 Å². The molecule has 1 aromatic rings. The molecule has 0 aliphatic carbocycles. The highest BCUT2D eigenvalue weighted by Crippen LogP contribution is 2.09. The van der Waals surface area contributed by atoms with Crippen LogP contribution in [0.25, 0.3) is 0 Å². The van der Waals surface area contributed by atoms with E-state index >= 15 is 0 Å². The number of nitrogens with one attached hydrogen (secondary N) is 1. The van der Waals surface area contributed by atoms with Crippen molar-refractivity contribution in [3.05, 3.63) is 11.8 Å². The lowest BCUT2D eigenvalue weighted by Gasteiger charge is -2.16. The van der Waals surface area contributed by atoms with Gasteiger partial charge in [-0.15, -0.1) is 0 Å². The number of ether oxygens (including phenoxy) is 1. The van der Waals surface area contributed by atoms with E-state index in [2.05, 4.69) is 10.2 Å². The Labute approximate surface area is 88.4 Å². The molecule has 0 unspecified atom stereocenters. The molecule has 6 nitrogen and oxygen atoms in total. The average molecular weight is 212 g/mol. The van der Waals surface area contributed by atoms with E-state index in [4.69, 9.17) is 10.5 Å². The van der Waals surface area contributed by atoms with Crippen molar-refractivity contribution >= 4 is 11.7 Å². The van der Waals surface area contributed by atoms with Crippen molar-refractivity contribution in [2.24, 2.45) is 0 Å². The van der Waals surface area contributed by atoms with Crippen LogP contribution in [0.3, 0.4) is 0 Å². The molecule has 0 spiro atoms. The van der Waals surface area contributed by atoms with Gasteiger partial charge in [0.2, 0.25) is 0 Å². The zero-order valence-corrected chi connectivity index (χ0v) is 8.99. The maximum Gasteiger partial charge on any atom is 0.258 e. The molecule has 6 heteroatoms. The minimum absolute atomic E-state index is 0.127. The SMILES string of the molecule is COCCCN(C)C(=O)c1cn[nH]c1N. The number of methoxy groups -OCH3 is 1. The molecule has 1 rings (SSSR count).